The van der Waals surface area contributed by atoms with Crippen molar-refractivity contribution >= 4 is 34.2 Å². The first-order valence-corrected chi connectivity index (χ1v) is 8.43. The molecule has 0 aliphatic rings. The molecule has 0 bridgehead atoms. The highest BCUT2D eigenvalue weighted by Gasteiger charge is 2.08. The van der Waals surface area contributed by atoms with Crippen LogP contribution in [0.15, 0.2) is 42.5 Å². The second-order valence-electron chi connectivity index (χ2n) is 5.31. The average molecular weight is 416 g/mol. The van der Waals surface area contributed by atoms with Crippen molar-refractivity contribution < 1.29 is 4.74 Å². The third kappa shape index (κ3) is 5.16. The van der Waals surface area contributed by atoms with Gasteiger partial charge in [0, 0.05) is 17.1 Å². The number of rotatable bonds is 6. The second-order valence-corrected chi connectivity index (χ2v) is 6.91. The molecule has 0 aliphatic heterocycles. The van der Waals surface area contributed by atoms with Gasteiger partial charge in [-0.25, -0.2) is 0 Å². The van der Waals surface area contributed by atoms with E-state index >= 15 is 0 Å². The quantitative estimate of drug-likeness (QED) is 0.631. The van der Waals surface area contributed by atoms with Crippen molar-refractivity contribution in [1.82, 2.24) is 5.32 Å². The molecule has 0 aromatic heterocycles. The number of ether oxygens (including phenoxy) is 1. The molecule has 4 heteroatoms. The number of hydrogen-bond acceptors (Lipinski definition) is 2. The Balaban J connectivity index is 2.16. The first-order chi connectivity index (χ1) is 10.1. The topological polar surface area (TPSA) is 21.3 Å². The highest BCUT2D eigenvalue weighted by Crippen LogP contribution is 2.30. The van der Waals surface area contributed by atoms with Crippen LogP contribution in [0.25, 0.3) is 0 Å². The maximum absolute atomic E-state index is 6.11. The smallest absolute Gasteiger partial charge is 0.140 e. The van der Waals surface area contributed by atoms with E-state index in [9.17, 15) is 0 Å². The van der Waals surface area contributed by atoms with Gasteiger partial charge in [0.25, 0.3) is 0 Å². The summed E-state index contributed by atoms with van der Waals surface area (Å²) < 4.78 is 7.14. The van der Waals surface area contributed by atoms with Crippen molar-refractivity contribution in [1.29, 1.82) is 0 Å². The van der Waals surface area contributed by atoms with Crippen molar-refractivity contribution in [3.05, 3.63) is 56.6 Å². The molecule has 0 amide bonds. The van der Waals surface area contributed by atoms with Crippen LogP contribution in [0.1, 0.15) is 19.4 Å². The second kappa shape index (κ2) is 8.01. The number of hydrogen-bond donors (Lipinski definition) is 1. The molecular formula is C17H19ClINO. The molecule has 0 unspecified atom stereocenters. The largest absolute Gasteiger partial charge is 0.456 e. The van der Waals surface area contributed by atoms with Gasteiger partial charge in [-0.15, -0.1) is 0 Å². The van der Waals surface area contributed by atoms with Gasteiger partial charge in [-0.1, -0.05) is 37.6 Å². The molecule has 2 aromatic carbocycles. The molecular weight excluding hydrogens is 397 g/mol. The van der Waals surface area contributed by atoms with Gasteiger partial charge in [-0.05, 0) is 65.4 Å². The highest BCUT2D eigenvalue weighted by atomic mass is 127. The van der Waals surface area contributed by atoms with Crippen molar-refractivity contribution in [3.8, 4) is 11.5 Å². The first kappa shape index (κ1) is 16.6. The van der Waals surface area contributed by atoms with Crippen LogP contribution in [0.5, 0.6) is 11.5 Å². The van der Waals surface area contributed by atoms with Crippen LogP contribution in [0, 0.1) is 9.49 Å². The molecule has 0 saturated carbocycles. The molecule has 2 nitrogen and oxygen atoms in total. The van der Waals surface area contributed by atoms with Crippen LogP contribution in [-0.4, -0.2) is 6.54 Å². The maximum atomic E-state index is 6.11. The minimum Gasteiger partial charge on any atom is -0.456 e. The van der Waals surface area contributed by atoms with Crippen molar-refractivity contribution in [2.75, 3.05) is 6.54 Å². The third-order valence-corrected chi connectivity index (χ3v) is 4.07. The van der Waals surface area contributed by atoms with E-state index in [0.29, 0.717) is 5.92 Å². The molecule has 0 heterocycles. The standard InChI is InChI=1S/C17H19ClINO/c1-12(2)10-20-11-13-9-14(18)7-8-16(13)21-17-6-4-3-5-15(17)19/h3-9,12,20H,10-11H2,1-2H3. The Hall–Kier alpha value is -0.780. The number of benzene rings is 2. The lowest BCUT2D eigenvalue weighted by atomic mass is 10.1. The van der Waals surface area contributed by atoms with E-state index in [4.69, 9.17) is 16.3 Å². The average Bonchev–Trinajstić information content (AvgIpc) is 2.43. The van der Waals surface area contributed by atoms with Gasteiger partial charge in [0.1, 0.15) is 11.5 Å². The van der Waals surface area contributed by atoms with E-state index < -0.39 is 0 Å². The molecule has 112 valence electrons. The lowest BCUT2D eigenvalue weighted by Gasteiger charge is -2.14. The van der Waals surface area contributed by atoms with Crippen molar-refractivity contribution in [2.45, 2.75) is 20.4 Å². The minimum atomic E-state index is 0.614. The summed E-state index contributed by atoms with van der Waals surface area (Å²) in [5, 5.41) is 4.16. The monoisotopic (exact) mass is 415 g/mol. The molecule has 0 aliphatic carbocycles. The van der Waals surface area contributed by atoms with E-state index in [0.717, 1.165) is 38.7 Å². The van der Waals surface area contributed by atoms with Crippen LogP contribution in [0.3, 0.4) is 0 Å². The first-order valence-electron chi connectivity index (χ1n) is 6.98. The zero-order valence-electron chi connectivity index (χ0n) is 12.2. The highest BCUT2D eigenvalue weighted by molar-refractivity contribution is 14.1. The third-order valence-electron chi connectivity index (χ3n) is 2.95. The Labute approximate surface area is 145 Å². The molecule has 1 N–H and O–H groups in total. The van der Waals surface area contributed by atoms with Crippen molar-refractivity contribution in [3.63, 3.8) is 0 Å². The Morgan fingerprint density at radius 2 is 1.90 bits per heavy atom. The van der Waals surface area contributed by atoms with Gasteiger partial charge in [0.15, 0.2) is 0 Å². The number of para-hydroxylation sites is 1. The fraction of sp³-hybridized carbons (Fsp3) is 0.294. The van der Waals surface area contributed by atoms with E-state index in [1.807, 2.05) is 42.5 Å². The molecule has 0 fully saturated rings. The molecule has 0 radical (unpaired) electrons. The molecule has 2 rings (SSSR count). The van der Waals surface area contributed by atoms with Crippen LogP contribution in [-0.2, 0) is 6.54 Å². The van der Waals surface area contributed by atoms with Crippen LogP contribution in [0.2, 0.25) is 5.02 Å². The lowest BCUT2D eigenvalue weighted by molar-refractivity contribution is 0.466. The molecule has 21 heavy (non-hydrogen) atoms. The van der Waals surface area contributed by atoms with Gasteiger partial charge >= 0.3 is 0 Å². The van der Waals surface area contributed by atoms with Crippen molar-refractivity contribution in [2.24, 2.45) is 5.92 Å². The summed E-state index contributed by atoms with van der Waals surface area (Å²) in [5.74, 6) is 2.33. The summed E-state index contributed by atoms with van der Waals surface area (Å²) in [7, 11) is 0. The van der Waals surface area contributed by atoms with Gasteiger partial charge in [0.2, 0.25) is 0 Å². The Morgan fingerprint density at radius 3 is 2.62 bits per heavy atom. The maximum Gasteiger partial charge on any atom is 0.140 e. The van der Waals surface area contributed by atoms with E-state index in [-0.39, 0.29) is 0 Å². The van der Waals surface area contributed by atoms with Gasteiger partial charge < -0.3 is 10.1 Å². The molecule has 2 aromatic rings. The normalized spacial score (nSPS) is 10.9. The van der Waals surface area contributed by atoms with E-state index in [1.165, 1.54) is 0 Å². The lowest BCUT2D eigenvalue weighted by Crippen LogP contribution is -2.19. The zero-order valence-corrected chi connectivity index (χ0v) is 15.1. The fourth-order valence-corrected chi connectivity index (χ4v) is 2.62. The minimum absolute atomic E-state index is 0.614. The number of halogens is 2. The van der Waals surface area contributed by atoms with Crippen LogP contribution >= 0.6 is 34.2 Å². The summed E-state index contributed by atoms with van der Waals surface area (Å²) in [6.07, 6.45) is 0. The van der Waals surface area contributed by atoms with E-state index in [2.05, 4.69) is 41.8 Å². The van der Waals surface area contributed by atoms with Gasteiger partial charge in [-0.2, -0.15) is 0 Å². The summed E-state index contributed by atoms with van der Waals surface area (Å²) in [4.78, 5) is 0. The zero-order chi connectivity index (χ0) is 15.2. The number of nitrogens with one attached hydrogen (secondary N) is 1. The summed E-state index contributed by atoms with van der Waals surface area (Å²) in [5.41, 5.74) is 1.07. The van der Waals surface area contributed by atoms with Crippen LogP contribution < -0.4 is 10.1 Å². The predicted octanol–water partition coefficient (Wildman–Crippen LogP) is 5.48. The summed E-state index contributed by atoms with van der Waals surface area (Å²) >= 11 is 8.38. The van der Waals surface area contributed by atoms with E-state index in [1.54, 1.807) is 0 Å². The van der Waals surface area contributed by atoms with Gasteiger partial charge in [-0.3, -0.25) is 0 Å². The molecule has 0 atom stereocenters. The molecule has 0 spiro atoms. The Kier molecular flexibility index (Phi) is 6.33. The Morgan fingerprint density at radius 1 is 1.14 bits per heavy atom. The predicted molar refractivity (Wildman–Crippen MR) is 97.2 cm³/mol. The molecule has 0 saturated heterocycles. The summed E-state index contributed by atoms with van der Waals surface area (Å²) in [6.45, 7) is 6.09. The fourth-order valence-electron chi connectivity index (χ4n) is 1.93. The van der Waals surface area contributed by atoms with Crippen LogP contribution in [0.4, 0.5) is 0 Å². The Bertz CT molecular complexity index is 601. The summed E-state index contributed by atoms with van der Waals surface area (Å²) in [6, 6.07) is 13.7. The SMILES string of the molecule is CC(C)CNCc1cc(Cl)ccc1Oc1ccccc1I. The van der Waals surface area contributed by atoms with Gasteiger partial charge in [0.05, 0.1) is 3.57 Å².